The molecule has 1 heterocycles. The molecule has 0 spiro atoms. The SMILES string of the molecule is Cc1cc(N)c(Cl)cc1NC(C)(C)c1nccs1. The molecule has 96 valence electrons. The topological polar surface area (TPSA) is 50.9 Å². The van der Waals surface area contributed by atoms with Gasteiger partial charge in [0, 0.05) is 17.3 Å². The molecule has 1 aromatic heterocycles. The summed E-state index contributed by atoms with van der Waals surface area (Å²) in [5, 5.41) is 7.04. The standard InChI is InChI=1S/C13H16ClN3S/c1-8-6-10(15)9(14)7-11(8)17-13(2,3)12-16-4-5-18-12/h4-7,17H,15H2,1-3H3. The number of benzene rings is 1. The fourth-order valence-corrected chi connectivity index (χ4v) is 2.64. The number of hydrogen-bond donors (Lipinski definition) is 2. The highest BCUT2D eigenvalue weighted by molar-refractivity contribution is 7.09. The van der Waals surface area contributed by atoms with Crippen LogP contribution in [0.25, 0.3) is 0 Å². The van der Waals surface area contributed by atoms with E-state index in [2.05, 4.69) is 24.1 Å². The highest BCUT2D eigenvalue weighted by Gasteiger charge is 2.23. The normalized spacial score (nSPS) is 11.6. The van der Waals surface area contributed by atoms with Gasteiger partial charge in [-0.1, -0.05) is 11.6 Å². The Kier molecular flexibility index (Phi) is 3.50. The third-order valence-electron chi connectivity index (χ3n) is 2.76. The second-order valence-electron chi connectivity index (χ2n) is 4.78. The molecule has 0 bridgehead atoms. The number of rotatable bonds is 3. The molecule has 1 aromatic carbocycles. The molecule has 3 nitrogen and oxygen atoms in total. The molecule has 0 aliphatic carbocycles. The van der Waals surface area contributed by atoms with E-state index in [4.69, 9.17) is 17.3 Å². The molecule has 0 saturated heterocycles. The number of hydrogen-bond acceptors (Lipinski definition) is 4. The van der Waals surface area contributed by atoms with Crippen LogP contribution in [0.1, 0.15) is 24.4 Å². The van der Waals surface area contributed by atoms with Gasteiger partial charge >= 0.3 is 0 Å². The van der Waals surface area contributed by atoms with Crippen molar-refractivity contribution < 1.29 is 0 Å². The Morgan fingerprint density at radius 1 is 1.39 bits per heavy atom. The van der Waals surface area contributed by atoms with Crippen molar-refractivity contribution in [3.8, 4) is 0 Å². The Hall–Kier alpha value is -1.26. The molecule has 0 saturated carbocycles. The number of halogens is 1. The number of nitrogen functional groups attached to an aromatic ring is 1. The monoisotopic (exact) mass is 281 g/mol. The largest absolute Gasteiger partial charge is 0.398 e. The summed E-state index contributed by atoms with van der Waals surface area (Å²) >= 11 is 7.69. The van der Waals surface area contributed by atoms with Gasteiger partial charge in [0.15, 0.2) is 0 Å². The van der Waals surface area contributed by atoms with Crippen LogP contribution in [0, 0.1) is 6.92 Å². The van der Waals surface area contributed by atoms with Gasteiger partial charge in [0.1, 0.15) is 5.01 Å². The van der Waals surface area contributed by atoms with Gasteiger partial charge in [0.25, 0.3) is 0 Å². The molecule has 0 atom stereocenters. The lowest BCUT2D eigenvalue weighted by Gasteiger charge is -2.26. The first kappa shape index (κ1) is 13.2. The van der Waals surface area contributed by atoms with Crippen molar-refractivity contribution in [3.05, 3.63) is 39.3 Å². The zero-order chi connectivity index (χ0) is 13.3. The molecular formula is C13H16ClN3S. The van der Waals surface area contributed by atoms with E-state index < -0.39 is 0 Å². The number of nitrogens with one attached hydrogen (secondary N) is 1. The number of nitrogens with zero attached hydrogens (tertiary/aromatic N) is 1. The molecule has 0 aliphatic rings. The lowest BCUT2D eigenvalue weighted by molar-refractivity contribution is 0.604. The summed E-state index contributed by atoms with van der Waals surface area (Å²) in [7, 11) is 0. The summed E-state index contributed by atoms with van der Waals surface area (Å²) in [4.78, 5) is 4.35. The maximum absolute atomic E-state index is 6.06. The number of anilines is 2. The van der Waals surface area contributed by atoms with Crippen molar-refractivity contribution in [1.29, 1.82) is 0 Å². The van der Waals surface area contributed by atoms with E-state index >= 15 is 0 Å². The highest BCUT2D eigenvalue weighted by atomic mass is 35.5. The maximum atomic E-state index is 6.06. The smallest absolute Gasteiger partial charge is 0.117 e. The molecule has 0 amide bonds. The van der Waals surface area contributed by atoms with E-state index in [0.29, 0.717) is 10.7 Å². The van der Waals surface area contributed by atoms with Crippen molar-refractivity contribution in [3.63, 3.8) is 0 Å². The second-order valence-corrected chi connectivity index (χ2v) is 6.08. The summed E-state index contributed by atoms with van der Waals surface area (Å²) in [5.74, 6) is 0. The van der Waals surface area contributed by atoms with Crippen LogP contribution in [0.5, 0.6) is 0 Å². The molecule has 5 heteroatoms. The van der Waals surface area contributed by atoms with Gasteiger partial charge in [-0.2, -0.15) is 0 Å². The predicted octanol–water partition coefficient (Wildman–Crippen LogP) is 4.03. The van der Waals surface area contributed by atoms with Gasteiger partial charge in [-0.15, -0.1) is 11.3 Å². The first-order valence-corrected chi connectivity index (χ1v) is 6.89. The minimum absolute atomic E-state index is 0.238. The number of aryl methyl sites for hydroxylation is 1. The molecule has 0 radical (unpaired) electrons. The summed E-state index contributed by atoms with van der Waals surface area (Å²) in [6, 6.07) is 3.74. The van der Waals surface area contributed by atoms with Crippen molar-refractivity contribution in [2.24, 2.45) is 0 Å². The fraction of sp³-hybridized carbons (Fsp3) is 0.308. The molecule has 0 fully saturated rings. The Morgan fingerprint density at radius 2 is 2.11 bits per heavy atom. The minimum atomic E-state index is -0.238. The number of aromatic nitrogens is 1. The number of thiazole rings is 1. The van der Waals surface area contributed by atoms with Crippen LogP contribution >= 0.6 is 22.9 Å². The summed E-state index contributed by atoms with van der Waals surface area (Å²) < 4.78 is 0. The van der Waals surface area contributed by atoms with Crippen LogP contribution < -0.4 is 11.1 Å². The van der Waals surface area contributed by atoms with Crippen molar-refractivity contribution in [1.82, 2.24) is 4.98 Å². The minimum Gasteiger partial charge on any atom is -0.398 e. The Labute approximate surface area is 116 Å². The molecule has 0 aliphatic heterocycles. The predicted molar refractivity (Wildman–Crippen MR) is 79.4 cm³/mol. The van der Waals surface area contributed by atoms with E-state index in [1.807, 2.05) is 30.6 Å². The van der Waals surface area contributed by atoms with E-state index in [0.717, 1.165) is 16.3 Å². The second kappa shape index (κ2) is 4.78. The first-order chi connectivity index (χ1) is 8.40. The first-order valence-electron chi connectivity index (χ1n) is 5.64. The van der Waals surface area contributed by atoms with Gasteiger partial charge in [-0.25, -0.2) is 4.98 Å². The molecular weight excluding hydrogens is 266 g/mol. The third-order valence-corrected chi connectivity index (χ3v) is 4.18. The Balaban J connectivity index is 2.32. The molecule has 0 unspecified atom stereocenters. The summed E-state index contributed by atoms with van der Waals surface area (Å²) in [5.41, 5.74) is 8.20. The van der Waals surface area contributed by atoms with Crippen molar-refractivity contribution in [2.75, 3.05) is 11.1 Å². The van der Waals surface area contributed by atoms with Crippen LogP contribution in [0.15, 0.2) is 23.7 Å². The Bertz CT molecular complexity index is 550. The van der Waals surface area contributed by atoms with E-state index in [-0.39, 0.29) is 5.54 Å². The average molecular weight is 282 g/mol. The van der Waals surface area contributed by atoms with Crippen molar-refractivity contribution in [2.45, 2.75) is 26.3 Å². The lowest BCUT2D eigenvalue weighted by Crippen LogP contribution is -2.28. The molecule has 2 aromatic rings. The molecule has 3 N–H and O–H groups in total. The third kappa shape index (κ3) is 2.60. The molecule has 18 heavy (non-hydrogen) atoms. The van der Waals surface area contributed by atoms with E-state index in [1.54, 1.807) is 11.3 Å². The van der Waals surface area contributed by atoms with Crippen LogP contribution in [-0.2, 0) is 5.54 Å². The lowest BCUT2D eigenvalue weighted by atomic mass is 10.0. The van der Waals surface area contributed by atoms with Gasteiger partial charge in [-0.3, -0.25) is 0 Å². The van der Waals surface area contributed by atoms with Gasteiger partial charge in [-0.05, 0) is 38.5 Å². The van der Waals surface area contributed by atoms with Crippen LogP contribution in [0.4, 0.5) is 11.4 Å². The summed E-state index contributed by atoms with van der Waals surface area (Å²) in [6.45, 7) is 6.19. The van der Waals surface area contributed by atoms with Gasteiger partial charge in [0.2, 0.25) is 0 Å². The zero-order valence-electron chi connectivity index (χ0n) is 10.6. The zero-order valence-corrected chi connectivity index (χ0v) is 12.2. The summed E-state index contributed by atoms with van der Waals surface area (Å²) in [6.07, 6.45) is 1.81. The average Bonchev–Trinajstić information content (AvgIpc) is 2.79. The fourth-order valence-electron chi connectivity index (χ4n) is 1.76. The number of nitrogens with two attached hydrogens (primary N) is 1. The van der Waals surface area contributed by atoms with Gasteiger partial charge < -0.3 is 11.1 Å². The van der Waals surface area contributed by atoms with E-state index in [1.165, 1.54) is 0 Å². The van der Waals surface area contributed by atoms with Crippen LogP contribution in [0.2, 0.25) is 5.02 Å². The van der Waals surface area contributed by atoms with Crippen LogP contribution in [0.3, 0.4) is 0 Å². The Morgan fingerprint density at radius 3 is 2.72 bits per heavy atom. The van der Waals surface area contributed by atoms with Gasteiger partial charge in [0.05, 0.1) is 16.2 Å². The highest BCUT2D eigenvalue weighted by Crippen LogP contribution is 2.32. The molecule has 2 rings (SSSR count). The van der Waals surface area contributed by atoms with E-state index in [9.17, 15) is 0 Å². The quantitative estimate of drug-likeness (QED) is 0.835. The van der Waals surface area contributed by atoms with Crippen LogP contribution in [-0.4, -0.2) is 4.98 Å². The van der Waals surface area contributed by atoms with Crippen molar-refractivity contribution >= 4 is 34.3 Å². The maximum Gasteiger partial charge on any atom is 0.117 e.